The molecule has 0 saturated carbocycles. The Labute approximate surface area is 144 Å². The van der Waals surface area contributed by atoms with Gasteiger partial charge >= 0.3 is 0 Å². The summed E-state index contributed by atoms with van der Waals surface area (Å²) in [5.41, 5.74) is 10.0. The van der Waals surface area contributed by atoms with Gasteiger partial charge in [-0.25, -0.2) is 4.99 Å². The van der Waals surface area contributed by atoms with Crippen molar-refractivity contribution >= 4 is 22.2 Å². The minimum atomic E-state index is 0.514. The first-order chi connectivity index (χ1) is 11.5. The van der Waals surface area contributed by atoms with Crippen LogP contribution in [0.15, 0.2) is 47.5 Å². The van der Waals surface area contributed by atoms with E-state index < -0.39 is 0 Å². The van der Waals surface area contributed by atoms with E-state index in [1.807, 2.05) is 0 Å². The van der Waals surface area contributed by atoms with Crippen LogP contribution in [0.2, 0.25) is 0 Å². The minimum absolute atomic E-state index is 0.514. The van der Waals surface area contributed by atoms with Crippen LogP contribution in [0.5, 0.6) is 0 Å². The van der Waals surface area contributed by atoms with Gasteiger partial charge in [0.25, 0.3) is 0 Å². The lowest BCUT2D eigenvalue weighted by Crippen LogP contribution is -2.02. The average Bonchev–Trinajstić information content (AvgIpc) is 2.91. The molecule has 120 valence electrons. The van der Waals surface area contributed by atoms with Gasteiger partial charge in [0.2, 0.25) is 0 Å². The van der Waals surface area contributed by atoms with Gasteiger partial charge in [-0.15, -0.1) is 0 Å². The lowest BCUT2D eigenvalue weighted by atomic mass is 9.90. The molecule has 0 atom stereocenters. The molecule has 0 radical (unpaired) electrons. The molecule has 0 aromatic heterocycles. The maximum atomic E-state index is 5.07. The maximum Gasteiger partial charge on any atom is 0.0789 e. The first kappa shape index (κ1) is 15.1. The van der Waals surface area contributed by atoms with E-state index in [0.717, 1.165) is 11.4 Å². The zero-order valence-corrected chi connectivity index (χ0v) is 15.1. The van der Waals surface area contributed by atoms with Gasteiger partial charge < -0.3 is 0 Å². The summed E-state index contributed by atoms with van der Waals surface area (Å²) in [5, 5.41) is 2.68. The summed E-state index contributed by atoms with van der Waals surface area (Å²) in [6.07, 6.45) is 0. The Morgan fingerprint density at radius 1 is 0.833 bits per heavy atom. The predicted octanol–water partition coefficient (Wildman–Crippen LogP) is 6.37. The Bertz CT molecular complexity index is 986. The maximum absolute atomic E-state index is 5.07. The Kier molecular flexibility index (Phi) is 3.35. The smallest absolute Gasteiger partial charge is 0.0789 e. The van der Waals surface area contributed by atoms with Crippen molar-refractivity contribution in [2.24, 2.45) is 4.99 Å². The molecule has 0 aliphatic carbocycles. The zero-order chi connectivity index (χ0) is 17.0. The molecule has 0 bridgehead atoms. The van der Waals surface area contributed by atoms with Gasteiger partial charge in [-0.2, -0.15) is 0 Å². The number of nitrogens with zero attached hydrogens (tertiary/aromatic N) is 1. The van der Waals surface area contributed by atoms with Crippen molar-refractivity contribution in [1.82, 2.24) is 0 Å². The lowest BCUT2D eigenvalue weighted by molar-refractivity contribution is 0.876. The third-order valence-electron chi connectivity index (χ3n) is 4.99. The molecule has 0 fully saturated rings. The summed E-state index contributed by atoms with van der Waals surface area (Å²) < 4.78 is 0. The summed E-state index contributed by atoms with van der Waals surface area (Å²) in [4.78, 5) is 5.07. The minimum Gasteiger partial charge on any atom is -0.247 e. The number of aryl methyl sites for hydroxylation is 3. The van der Waals surface area contributed by atoms with Crippen molar-refractivity contribution in [3.63, 3.8) is 0 Å². The number of benzene rings is 3. The van der Waals surface area contributed by atoms with Gasteiger partial charge in [-0.3, -0.25) is 0 Å². The van der Waals surface area contributed by atoms with Crippen molar-refractivity contribution in [3.05, 3.63) is 75.8 Å². The van der Waals surface area contributed by atoms with E-state index in [0.29, 0.717) is 5.92 Å². The third kappa shape index (κ3) is 2.19. The topological polar surface area (TPSA) is 12.4 Å². The highest BCUT2D eigenvalue weighted by Crippen LogP contribution is 2.42. The molecule has 0 saturated heterocycles. The fourth-order valence-electron chi connectivity index (χ4n) is 3.90. The third-order valence-corrected chi connectivity index (χ3v) is 4.99. The average molecular weight is 313 g/mol. The van der Waals surface area contributed by atoms with Crippen LogP contribution in [-0.4, -0.2) is 5.71 Å². The summed E-state index contributed by atoms with van der Waals surface area (Å²) in [6, 6.07) is 15.7. The second-order valence-corrected chi connectivity index (χ2v) is 7.35. The van der Waals surface area contributed by atoms with Crippen LogP contribution < -0.4 is 0 Å². The first-order valence-electron chi connectivity index (χ1n) is 8.69. The largest absolute Gasteiger partial charge is 0.247 e. The monoisotopic (exact) mass is 313 g/mol. The van der Waals surface area contributed by atoms with Gasteiger partial charge in [0.1, 0.15) is 0 Å². The molecule has 1 heterocycles. The molecule has 3 aromatic carbocycles. The molecule has 1 heteroatoms. The van der Waals surface area contributed by atoms with E-state index in [2.05, 4.69) is 77.1 Å². The van der Waals surface area contributed by atoms with Crippen LogP contribution in [0.25, 0.3) is 10.8 Å². The molecule has 4 rings (SSSR count). The summed E-state index contributed by atoms with van der Waals surface area (Å²) >= 11 is 0. The van der Waals surface area contributed by atoms with Crippen molar-refractivity contribution in [1.29, 1.82) is 0 Å². The predicted molar refractivity (Wildman–Crippen MR) is 104 cm³/mol. The molecule has 1 aliphatic heterocycles. The van der Waals surface area contributed by atoms with Crippen molar-refractivity contribution in [2.45, 2.75) is 40.5 Å². The van der Waals surface area contributed by atoms with Gasteiger partial charge in [0.15, 0.2) is 0 Å². The van der Waals surface area contributed by atoms with Crippen LogP contribution in [0.3, 0.4) is 0 Å². The Hall–Kier alpha value is -2.41. The number of aliphatic imine (C=N–C) groups is 1. The molecule has 0 N–H and O–H groups in total. The molecule has 1 nitrogen and oxygen atoms in total. The number of hydrogen-bond acceptors (Lipinski definition) is 1. The van der Waals surface area contributed by atoms with Crippen molar-refractivity contribution < 1.29 is 0 Å². The van der Waals surface area contributed by atoms with Crippen LogP contribution >= 0.6 is 0 Å². The SMILES string of the molecule is Cc1cc(C)cc(C2=Nc3c(C)ccc4c(C(C)C)ccc2c34)c1. The summed E-state index contributed by atoms with van der Waals surface area (Å²) in [7, 11) is 0. The Morgan fingerprint density at radius 2 is 1.54 bits per heavy atom. The van der Waals surface area contributed by atoms with E-state index in [1.54, 1.807) is 0 Å². The van der Waals surface area contributed by atoms with Crippen molar-refractivity contribution in [3.8, 4) is 0 Å². The molecule has 0 unspecified atom stereocenters. The molecular weight excluding hydrogens is 290 g/mol. The highest BCUT2D eigenvalue weighted by Gasteiger charge is 2.23. The fraction of sp³-hybridized carbons (Fsp3) is 0.261. The lowest BCUT2D eigenvalue weighted by Gasteiger charge is -2.13. The second-order valence-electron chi connectivity index (χ2n) is 7.35. The van der Waals surface area contributed by atoms with Gasteiger partial charge in [-0.05, 0) is 55.3 Å². The van der Waals surface area contributed by atoms with Crippen LogP contribution in [-0.2, 0) is 0 Å². The number of rotatable bonds is 2. The highest BCUT2D eigenvalue weighted by atomic mass is 14.8. The van der Waals surface area contributed by atoms with Crippen molar-refractivity contribution in [2.75, 3.05) is 0 Å². The molecule has 0 spiro atoms. The standard InChI is InChI=1S/C23H23N/c1-13(2)18-8-9-20-21-19(18)7-6-16(5)22(21)24-23(20)17-11-14(3)10-15(4)12-17/h6-13H,1-5H3. The quantitative estimate of drug-likeness (QED) is 0.407. The summed E-state index contributed by atoms with van der Waals surface area (Å²) in [6.45, 7) is 11.0. The van der Waals surface area contributed by atoms with E-state index >= 15 is 0 Å². The first-order valence-corrected chi connectivity index (χ1v) is 8.69. The van der Waals surface area contributed by atoms with E-state index in [-0.39, 0.29) is 0 Å². The van der Waals surface area contributed by atoms with E-state index in [1.165, 1.54) is 44.2 Å². The Morgan fingerprint density at radius 3 is 2.21 bits per heavy atom. The van der Waals surface area contributed by atoms with Gasteiger partial charge in [-0.1, -0.05) is 55.3 Å². The van der Waals surface area contributed by atoms with Crippen LogP contribution in [0.4, 0.5) is 5.69 Å². The molecule has 24 heavy (non-hydrogen) atoms. The van der Waals surface area contributed by atoms with Gasteiger partial charge in [0, 0.05) is 16.5 Å². The summed E-state index contributed by atoms with van der Waals surface area (Å²) in [5.74, 6) is 0.514. The molecule has 3 aromatic rings. The Balaban J connectivity index is 2.03. The van der Waals surface area contributed by atoms with Crippen LogP contribution in [0.1, 0.15) is 53.1 Å². The highest BCUT2D eigenvalue weighted by molar-refractivity contribution is 6.27. The van der Waals surface area contributed by atoms with E-state index in [4.69, 9.17) is 4.99 Å². The second kappa shape index (κ2) is 5.31. The molecular formula is C23H23N. The normalized spacial score (nSPS) is 13.0. The van der Waals surface area contributed by atoms with E-state index in [9.17, 15) is 0 Å². The van der Waals surface area contributed by atoms with Gasteiger partial charge in [0.05, 0.1) is 11.4 Å². The zero-order valence-electron chi connectivity index (χ0n) is 15.1. The number of hydrogen-bond donors (Lipinski definition) is 0. The molecule has 0 amide bonds. The van der Waals surface area contributed by atoms with Crippen LogP contribution in [0, 0.1) is 20.8 Å². The molecule has 1 aliphatic rings. The fourth-order valence-corrected chi connectivity index (χ4v) is 3.90.